The molecule has 2 bridgehead atoms. The predicted molar refractivity (Wildman–Crippen MR) is 81.1 cm³/mol. The van der Waals surface area contributed by atoms with Crippen LogP contribution in [0.15, 0.2) is 0 Å². The van der Waals surface area contributed by atoms with Crippen LogP contribution < -0.4 is 5.32 Å². The van der Waals surface area contributed by atoms with Crippen LogP contribution >= 0.6 is 0 Å². The number of rotatable bonds is 4. The Morgan fingerprint density at radius 3 is 2.45 bits per heavy atom. The van der Waals surface area contributed by atoms with Gasteiger partial charge in [0.25, 0.3) is 0 Å². The lowest BCUT2D eigenvalue weighted by Crippen LogP contribution is -2.57. The molecule has 3 fully saturated rings. The van der Waals surface area contributed by atoms with Crippen LogP contribution in [0.2, 0.25) is 0 Å². The molecule has 1 aromatic rings. The van der Waals surface area contributed by atoms with Crippen LogP contribution in [0.5, 0.6) is 0 Å². The van der Waals surface area contributed by atoms with Gasteiger partial charge in [-0.05, 0) is 20.3 Å². The monoisotopic (exact) mass is 275 g/mol. The molecule has 3 aliphatic rings. The Morgan fingerprint density at radius 2 is 1.90 bits per heavy atom. The second-order valence-electron chi connectivity index (χ2n) is 5.73. The molecule has 4 rings (SSSR count). The average molecular weight is 275 g/mol. The zero-order valence-electron chi connectivity index (χ0n) is 12.8. The fourth-order valence-corrected chi connectivity index (χ4v) is 3.37. The molecule has 110 valence electrons. The van der Waals surface area contributed by atoms with E-state index in [-0.39, 0.29) is 0 Å². The van der Waals surface area contributed by atoms with E-state index < -0.39 is 0 Å². The summed E-state index contributed by atoms with van der Waals surface area (Å²) in [7, 11) is 0. The highest BCUT2D eigenvalue weighted by atomic mass is 15.4. The SMILES string of the molecule is CCNc1nc(C2CN3CCN2CC3)nc(C)c1CC. The number of hydrogen-bond donors (Lipinski definition) is 1. The van der Waals surface area contributed by atoms with Gasteiger partial charge in [-0.25, -0.2) is 9.97 Å². The topological polar surface area (TPSA) is 44.3 Å². The molecule has 0 aromatic carbocycles. The third kappa shape index (κ3) is 2.40. The van der Waals surface area contributed by atoms with Crippen molar-refractivity contribution >= 4 is 5.82 Å². The second kappa shape index (κ2) is 5.66. The summed E-state index contributed by atoms with van der Waals surface area (Å²) in [5, 5.41) is 3.41. The van der Waals surface area contributed by atoms with E-state index >= 15 is 0 Å². The van der Waals surface area contributed by atoms with Gasteiger partial charge in [0.05, 0.1) is 6.04 Å². The zero-order valence-corrected chi connectivity index (χ0v) is 12.8. The van der Waals surface area contributed by atoms with Crippen LogP contribution in [-0.4, -0.2) is 59.0 Å². The van der Waals surface area contributed by atoms with Crippen LogP contribution in [0, 0.1) is 6.92 Å². The number of nitrogens with one attached hydrogen (secondary N) is 1. The molecule has 3 saturated heterocycles. The summed E-state index contributed by atoms with van der Waals surface area (Å²) >= 11 is 0. The molecule has 0 aliphatic carbocycles. The van der Waals surface area contributed by atoms with E-state index in [1.807, 2.05) is 0 Å². The molecule has 1 unspecified atom stereocenters. The molecule has 1 N–H and O–H groups in total. The minimum Gasteiger partial charge on any atom is -0.370 e. The molecular formula is C15H25N5. The third-order valence-electron chi connectivity index (χ3n) is 4.51. The van der Waals surface area contributed by atoms with Crippen molar-refractivity contribution in [3.05, 3.63) is 17.1 Å². The summed E-state index contributed by atoms with van der Waals surface area (Å²) in [6, 6.07) is 0.375. The summed E-state index contributed by atoms with van der Waals surface area (Å²) in [4.78, 5) is 14.7. The molecule has 5 nitrogen and oxygen atoms in total. The first-order valence-electron chi connectivity index (χ1n) is 7.80. The van der Waals surface area contributed by atoms with Gasteiger partial charge >= 0.3 is 0 Å². The third-order valence-corrected chi connectivity index (χ3v) is 4.51. The van der Waals surface area contributed by atoms with E-state index in [0.717, 1.165) is 49.9 Å². The smallest absolute Gasteiger partial charge is 0.149 e. The number of fused-ring (bicyclic) bond motifs is 3. The Kier molecular flexibility index (Phi) is 3.89. The summed E-state index contributed by atoms with van der Waals surface area (Å²) in [5.41, 5.74) is 2.39. The van der Waals surface area contributed by atoms with Crippen molar-refractivity contribution in [2.45, 2.75) is 33.2 Å². The van der Waals surface area contributed by atoms with Gasteiger partial charge in [-0.3, -0.25) is 9.80 Å². The first-order chi connectivity index (χ1) is 9.72. The quantitative estimate of drug-likeness (QED) is 0.901. The van der Waals surface area contributed by atoms with E-state index in [2.05, 4.69) is 35.9 Å². The molecule has 0 saturated carbocycles. The second-order valence-corrected chi connectivity index (χ2v) is 5.73. The predicted octanol–water partition coefficient (Wildman–Crippen LogP) is 1.45. The van der Waals surface area contributed by atoms with Crippen LogP contribution in [-0.2, 0) is 6.42 Å². The molecule has 5 heteroatoms. The lowest BCUT2D eigenvalue weighted by Gasteiger charge is -2.46. The van der Waals surface area contributed by atoms with Gasteiger partial charge in [0, 0.05) is 50.5 Å². The Morgan fingerprint density at radius 1 is 1.15 bits per heavy atom. The van der Waals surface area contributed by atoms with Gasteiger partial charge < -0.3 is 5.32 Å². The van der Waals surface area contributed by atoms with Crippen LogP contribution in [0.3, 0.4) is 0 Å². The number of anilines is 1. The highest BCUT2D eigenvalue weighted by Crippen LogP contribution is 2.28. The molecule has 0 spiro atoms. The van der Waals surface area contributed by atoms with E-state index in [0.29, 0.717) is 6.04 Å². The molecule has 4 heterocycles. The van der Waals surface area contributed by atoms with Crippen molar-refractivity contribution in [2.75, 3.05) is 44.6 Å². The molecule has 20 heavy (non-hydrogen) atoms. The van der Waals surface area contributed by atoms with Crippen LogP contribution in [0.1, 0.15) is 37.0 Å². The van der Waals surface area contributed by atoms with Gasteiger partial charge in [0.15, 0.2) is 0 Å². The van der Waals surface area contributed by atoms with Crippen molar-refractivity contribution in [2.24, 2.45) is 0 Å². The van der Waals surface area contributed by atoms with Crippen molar-refractivity contribution in [1.29, 1.82) is 0 Å². The standard InChI is InChI=1S/C15H25N5/c1-4-12-11(3)17-15(18-14(12)16-5-2)13-10-19-6-8-20(13)9-7-19/h13H,4-10H2,1-3H3,(H,16,17,18). The number of hydrogen-bond acceptors (Lipinski definition) is 5. The molecular weight excluding hydrogens is 250 g/mol. The lowest BCUT2D eigenvalue weighted by atomic mass is 10.1. The first kappa shape index (κ1) is 13.8. The maximum Gasteiger partial charge on any atom is 0.149 e. The Hall–Kier alpha value is -1.20. The maximum atomic E-state index is 4.85. The highest BCUT2D eigenvalue weighted by Gasteiger charge is 2.34. The summed E-state index contributed by atoms with van der Waals surface area (Å²) < 4.78 is 0. The van der Waals surface area contributed by atoms with Crippen LogP contribution in [0.25, 0.3) is 0 Å². The van der Waals surface area contributed by atoms with E-state index in [1.54, 1.807) is 0 Å². The van der Waals surface area contributed by atoms with Gasteiger partial charge in [-0.15, -0.1) is 0 Å². The Labute approximate surface area is 121 Å². The highest BCUT2D eigenvalue weighted by molar-refractivity contribution is 5.46. The van der Waals surface area contributed by atoms with Crippen LogP contribution in [0.4, 0.5) is 5.82 Å². The number of aromatic nitrogens is 2. The largest absolute Gasteiger partial charge is 0.370 e. The van der Waals surface area contributed by atoms with E-state index in [9.17, 15) is 0 Å². The zero-order chi connectivity index (χ0) is 14.1. The van der Waals surface area contributed by atoms with Crippen molar-refractivity contribution < 1.29 is 0 Å². The number of piperazine rings is 3. The fourth-order valence-electron chi connectivity index (χ4n) is 3.37. The Bertz CT molecular complexity index is 479. The first-order valence-corrected chi connectivity index (χ1v) is 7.80. The van der Waals surface area contributed by atoms with E-state index in [1.165, 1.54) is 18.7 Å². The van der Waals surface area contributed by atoms with Gasteiger partial charge in [0.1, 0.15) is 11.6 Å². The normalized spacial score (nSPS) is 28.6. The molecule has 3 aliphatic heterocycles. The average Bonchev–Trinajstić information content (AvgIpc) is 2.48. The Balaban J connectivity index is 1.93. The molecule has 1 aromatic heterocycles. The number of aryl methyl sites for hydroxylation is 1. The summed E-state index contributed by atoms with van der Waals surface area (Å²) in [6.45, 7) is 13.1. The van der Waals surface area contributed by atoms with E-state index in [4.69, 9.17) is 9.97 Å². The fraction of sp³-hybridized carbons (Fsp3) is 0.733. The lowest BCUT2D eigenvalue weighted by molar-refractivity contribution is 0.00862. The minimum absolute atomic E-state index is 0.375. The van der Waals surface area contributed by atoms with Gasteiger partial charge in [-0.1, -0.05) is 6.92 Å². The minimum atomic E-state index is 0.375. The summed E-state index contributed by atoms with van der Waals surface area (Å²) in [6.07, 6.45) is 0.981. The van der Waals surface area contributed by atoms with Gasteiger partial charge in [-0.2, -0.15) is 0 Å². The summed E-state index contributed by atoms with van der Waals surface area (Å²) in [5.74, 6) is 2.04. The maximum absolute atomic E-state index is 4.85. The van der Waals surface area contributed by atoms with Crippen molar-refractivity contribution in [3.8, 4) is 0 Å². The molecule has 0 radical (unpaired) electrons. The van der Waals surface area contributed by atoms with Crippen molar-refractivity contribution in [3.63, 3.8) is 0 Å². The number of nitrogens with zero attached hydrogens (tertiary/aromatic N) is 4. The molecule has 1 atom stereocenters. The van der Waals surface area contributed by atoms with Gasteiger partial charge in [0.2, 0.25) is 0 Å². The molecule has 0 amide bonds. The van der Waals surface area contributed by atoms with Crippen molar-refractivity contribution in [1.82, 2.24) is 19.8 Å².